The predicted octanol–water partition coefficient (Wildman–Crippen LogP) is 1.49. The summed E-state index contributed by atoms with van der Waals surface area (Å²) in [6.07, 6.45) is 0.389. The molecule has 1 aromatic rings. The summed E-state index contributed by atoms with van der Waals surface area (Å²) in [4.78, 5) is 0. The zero-order valence-corrected chi connectivity index (χ0v) is 13.1. The van der Waals surface area contributed by atoms with Crippen LogP contribution in [0.3, 0.4) is 0 Å². The number of hydrogen-bond acceptors (Lipinski definition) is 4. The van der Waals surface area contributed by atoms with Gasteiger partial charge in [0.05, 0.1) is 5.75 Å². The molecule has 5 nitrogen and oxygen atoms in total. The Labute approximate surface area is 121 Å². The topological polar surface area (TPSA) is 92.4 Å². The van der Waals surface area contributed by atoms with Gasteiger partial charge in [0.1, 0.15) is 0 Å². The van der Waals surface area contributed by atoms with E-state index in [0.717, 1.165) is 0 Å². The molecule has 0 radical (unpaired) electrons. The van der Waals surface area contributed by atoms with Crippen molar-refractivity contribution in [3.8, 4) is 0 Å². The van der Waals surface area contributed by atoms with Gasteiger partial charge in [0.25, 0.3) is 0 Å². The van der Waals surface area contributed by atoms with E-state index in [1.807, 2.05) is 20.8 Å². The normalized spacial score (nSPS) is 14.2. The van der Waals surface area contributed by atoms with Crippen molar-refractivity contribution in [1.82, 2.24) is 4.72 Å². The Hall–Kier alpha value is -1.11. The van der Waals surface area contributed by atoms with Crippen LogP contribution in [0.5, 0.6) is 0 Å². The summed E-state index contributed by atoms with van der Waals surface area (Å²) in [5, 5.41) is 9.07. The molecule has 0 saturated carbocycles. The largest absolute Gasteiger partial charge is 0.399 e. The molecule has 0 aliphatic carbocycles. The number of aliphatic hydroxyl groups is 1. The van der Waals surface area contributed by atoms with Gasteiger partial charge in [0.15, 0.2) is 0 Å². The maximum absolute atomic E-state index is 12.2. The zero-order chi connectivity index (χ0) is 15.4. The van der Waals surface area contributed by atoms with Crippen molar-refractivity contribution < 1.29 is 13.5 Å². The Morgan fingerprint density at radius 1 is 1.35 bits per heavy atom. The van der Waals surface area contributed by atoms with E-state index in [4.69, 9.17) is 10.8 Å². The third-order valence-electron chi connectivity index (χ3n) is 3.09. The molecule has 1 aromatic carbocycles. The van der Waals surface area contributed by atoms with Crippen LogP contribution in [-0.4, -0.2) is 26.2 Å². The van der Waals surface area contributed by atoms with Crippen LogP contribution in [-0.2, 0) is 15.8 Å². The van der Waals surface area contributed by atoms with Crippen LogP contribution >= 0.6 is 0 Å². The molecule has 1 atom stereocenters. The fourth-order valence-corrected chi connectivity index (χ4v) is 3.57. The molecule has 0 bridgehead atoms. The molecular weight excluding hydrogens is 276 g/mol. The molecule has 4 N–H and O–H groups in total. The molecule has 0 spiro atoms. The summed E-state index contributed by atoms with van der Waals surface area (Å²) in [6, 6.07) is 6.52. The Bertz CT molecular complexity index is 536. The first-order valence-corrected chi connectivity index (χ1v) is 8.24. The molecule has 0 aliphatic heterocycles. The van der Waals surface area contributed by atoms with E-state index in [1.165, 1.54) is 0 Å². The lowest BCUT2D eigenvalue weighted by atomic mass is 9.86. The number of hydrogen-bond donors (Lipinski definition) is 3. The van der Waals surface area contributed by atoms with Crippen LogP contribution in [0.2, 0.25) is 0 Å². The molecule has 0 fully saturated rings. The van der Waals surface area contributed by atoms with E-state index in [9.17, 15) is 8.42 Å². The average Bonchev–Trinajstić information content (AvgIpc) is 2.26. The molecule has 0 amide bonds. The number of aliphatic hydroxyl groups excluding tert-OH is 1. The predicted molar refractivity (Wildman–Crippen MR) is 81.6 cm³/mol. The molecule has 6 heteroatoms. The molecule has 0 aromatic heterocycles. The monoisotopic (exact) mass is 300 g/mol. The summed E-state index contributed by atoms with van der Waals surface area (Å²) < 4.78 is 27.1. The van der Waals surface area contributed by atoms with Crippen molar-refractivity contribution in [2.75, 3.05) is 12.3 Å². The van der Waals surface area contributed by atoms with Crippen LogP contribution in [0.15, 0.2) is 24.3 Å². The van der Waals surface area contributed by atoms with Crippen LogP contribution < -0.4 is 10.5 Å². The van der Waals surface area contributed by atoms with Gasteiger partial charge in [-0.15, -0.1) is 0 Å². The Balaban J connectivity index is 2.83. The van der Waals surface area contributed by atoms with Crippen molar-refractivity contribution in [2.45, 2.75) is 39.0 Å². The van der Waals surface area contributed by atoms with E-state index in [2.05, 4.69) is 4.72 Å². The van der Waals surface area contributed by atoms with Crippen LogP contribution in [0.4, 0.5) is 5.69 Å². The van der Waals surface area contributed by atoms with Gasteiger partial charge in [-0.1, -0.05) is 32.9 Å². The highest BCUT2D eigenvalue weighted by Crippen LogP contribution is 2.23. The van der Waals surface area contributed by atoms with Gasteiger partial charge >= 0.3 is 0 Å². The summed E-state index contributed by atoms with van der Waals surface area (Å²) >= 11 is 0. The molecule has 114 valence electrons. The van der Waals surface area contributed by atoms with Crippen molar-refractivity contribution in [3.63, 3.8) is 0 Å². The first kappa shape index (κ1) is 16.9. The standard InChI is InChI=1S/C14H24N2O3S/c1-14(2,3)13(7-8-17)16-20(18,19)10-11-5-4-6-12(15)9-11/h4-6,9,13,16-17H,7-8,10,15H2,1-3H3. The van der Waals surface area contributed by atoms with Gasteiger partial charge in [0, 0.05) is 18.3 Å². The zero-order valence-electron chi connectivity index (χ0n) is 12.3. The Kier molecular flexibility index (Phi) is 5.56. The third kappa shape index (κ3) is 5.48. The molecule has 0 heterocycles. The lowest BCUT2D eigenvalue weighted by Gasteiger charge is -2.30. The highest BCUT2D eigenvalue weighted by atomic mass is 32.2. The Morgan fingerprint density at radius 2 is 2.00 bits per heavy atom. The van der Waals surface area contributed by atoms with Crippen molar-refractivity contribution in [2.24, 2.45) is 5.41 Å². The smallest absolute Gasteiger partial charge is 0.216 e. The Morgan fingerprint density at radius 3 is 2.50 bits per heavy atom. The first-order valence-electron chi connectivity index (χ1n) is 6.59. The lowest BCUT2D eigenvalue weighted by Crippen LogP contribution is -2.44. The second-order valence-electron chi connectivity index (χ2n) is 6.05. The van der Waals surface area contributed by atoms with E-state index >= 15 is 0 Å². The fraction of sp³-hybridized carbons (Fsp3) is 0.571. The number of anilines is 1. The summed E-state index contributed by atoms with van der Waals surface area (Å²) in [5.41, 5.74) is 6.58. The van der Waals surface area contributed by atoms with Gasteiger partial charge in [-0.25, -0.2) is 13.1 Å². The molecule has 1 unspecified atom stereocenters. The minimum Gasteiger partial charge on any atom is -0.399 e. The summed E-state index contributed by atoms with van der Waals surface area (Å²) in [5.74, 6) is -0.115. The van der Waals surface area contributed by atoms with Crippen molar-refractivity contribution in [1.29, 1.82) is 0 Å². The number of benzene rings is 1. The lowest BCUT2D eigenvalue weighted by molar-refractivity contribution is 0.214. The van der Waals surface area contributed by atoms with Crippen LogP contribution in [0, 0.1) is 5.41 Å². The number of rotatable bonds is 6. The molecular formula is C14H24N2O3S. The SMILES string of the molecule is CC(C)(C)C(CCO)NS(=O)(=O)Cc1cccc(N)c1. The molecule has 20 heavy (non-hydrogen) atoms. The maximum Gasteiger partial charge on any atom is 0.216 e. The van der Waals surface area contributed by atoms with Gasteiger partial charge in [-0.3, -0.25) is 0 Å². The number of nitrogens with two attached hydrogens (primary N) is 1. The summed E-state index contributed by atoms with van der Waals surface area (Å²) in [7, 11) is -3.47. The van der Waals surface area contributed by atoms with E-state index in [1.54, 1.807) is 24.3 Å². The highest BCUT2D eigenvalue weighted by molar-refractivity contribution is 7.88. The second kappa shape index (κ2) is 6.56. The van der Waals surface area contributed by atoms with Crippen LogP contribution in [0.25, 0.3) is 0 Å². The van der Waals surface area contributed by atoms with E-state index in [-0.39, 0.29) is 23.8 Å². The van der Waals surface area contributed by atoms with E-state index in [0.29, 0.717) is 17.7 Å². The van der Waals surface area contributed by atoms with Gasteiger partial charge < -0.3 is 10.8 Å². The third-order valence-corrected chi connectivity index (χ3v) is 4.45. The quantitative estimate of drug-likeness (QED) is 0.694. The fourth-order valence-electron chi connectivity index (χ4n) is 1.96. The van der Waals surface area contributed by atoms with Crippen molar-refractivity contribution in [3.05, 3.63) is 29.8 Å². The van der Waals surface area contributed by atoms with Crippen LogP contribution in [0.1, 0.15) is 32.8 Å². The first-order chi connectivity index (χ1) is 9.14. The number of sulfonamides is 1. The number of nitrogen functional groups attached to an aromatic ring is 1. The molecule has 1 rings (SSSR count). The van der Waals surface area contributed by atoms with Gasteiger partial charge in [-0.2, -0.15) is 0 Å². The van der Waals surface area contributed by atoms with Crippen molar-refractivity contribution >= 4 is 15.7 Å². The number of nitrogens with one attached hydrogen (secondary N) is 1. The van der Waals surface area contributed by atoms with Gasteiger partial charge in [-0.05, 0) is 29.5 Å². The molecule has 0 saturated heterocycles. The summed E-state index contributed by atoms with van der Waals surface area (Å²) in [6.45, 7) is 5.77. The average molecular weight is 300 g/mol. The van der Waals surface area contributed by atoms with E-state index < -0.39 is 10.0 Å². The maximum atomic E-state index is 12.2. The minimum absolute atomic E-state index is 0.0528. The second-order valence-corrected chi connectivity index (χ2v) is 7.81. The van der Waals surface area contributed by atoms with Gasteiger partial charge in [0.2, 0.25) is 10.0 Å². The minimum atomic E-state index is -3.47. The molecule has 0 aliphatic rings. The highest BCUT2D eigenvalue weighted by Gasteiger charge is 2.28.